The van der Waals surface area contributed by atoms with E-state index in [0.717, 1.165) is 49.5 Å². The molecule has 7 aromatic rings. The molecule has 176 valence electrons. The Morgan fingerprint density at radius 1 is 0.568 bits per heavy atom. The van der Waals surface area contributed by atoms with Gasteiger partial charge >= 0.3 is 0 Å². The first-order chi connectivity index (χ1) is 18.2. The molecular weight excluding hydrogens is 454 g/mol. The van der Waals surface area contributed by atoms with Gasteiger partial charge in [-0.15, -0.1) is 0 Å². The van der Waals surface area contributed by atoms with Crippen molar-refractivity contribution >= 4 is 55.4 Å². The molecule has 0 aliphatic carbocycles. The smallest absolute Gasteiger partial charge is 0.229 e. The molecule has 2 aromatic heterocycles. The first-order valence-electron chi connectivity index (χ1n) is 12.2. The number of nitrogens with one attached hydrogen (secondary N) is 1. The molecule has 0 amide bonds. The molecule has 0 aliphatic heterocycles. The molecule has 0 saturated heterocycles. The van der Waals surface area contributed by atoms with E-state index < -0.39 is 0 Å². The number of hydrogen-bond donors (Lipinski definition) is 2. The van der Waals surface area contributed by atoms with E-state index in [1.165, 1.54) is 5.39 Å². The molecule has 0 saturated carbocycles. The third-order valence-corrected chi connectivity index (χ3v) is 6.99. The van der Waals surface area contributed by atoms with Crippen LogP contribution in [-0.2, 0) is 0 Å². The van der Waals surface area contributed by atoms with Crippen LogP contribution < -0.4 is 5.73 Å². The van der Waals surface area contributed by atoms with Crippen LogP contribution in [-0.4, -0.2) is 20.9 Å². The van der Waals surface area contributed by atoms with Crippen LogP contribution in [0.2, 0.25) is 0 Å². The van der Waals surface area contributed by atoms with E-state index in [2.05, 4.69) is 76.3 Å². The molecule has 0 fully saturated rings. The normalized spacial score (nSPS) is 12.2. The first-order valence-corrected chi connectivity index (χ1v) is 12.2. The lowest BCUT2D eigenvalue weighted by Gasteiger charge is -2.11. The second kappa shape index (κ2) is 8.21. The van der Waals surface area contributed by atoms with Gasteiger partial charge in [0.15, 0.2) is 0 Å². The Balaban J connectivity index is 1.64. The SMILES string of the molecule is N=C(/N=C(\N)c1ccccc1)n1c2ccccc2c2ccc3c4ccccc4n(-c4ccccc4)c3c21. The van der Waals surface area contributed by atoms with Crippen LogP contribution in [0.4, 0.5) is 0 Å². The van der Waals surface area contributed by atoms with Gasteiger partial charge in [0.1, 0.15) is 5.84 Å². The first kappa shape index (κ1) is 21.1. The van der Waals surface area contributed by atoms with Crippen LogP contribution in [0.5, 0.6) is 0 Å². The molecule has 37 heavy (non-hydrogen) atoms. The maximum absolute atomic E-state index is 9.16. The Morgan fingerprint density at radius 3 is 1.81 bits per heavy atom. The molecule has 3 N–H and O–H groups in total. The topological polar surface area (TPSA) is 72.1 Å². The van der Waals surface area contributed by atoms with Crippen molar-refractivity contribution in [3.05, 3.63) is 127 Å². The molecule has 0 aliphatic rings. The summed E-state index contributed by atoms with van der Waals surface area (Å²) in [5.41, 5.74) is 12.2. The lowest BCUT2D eigenvalue weighted by atomic mass is 10.1. The quantitative estimate of drug-likeness (QED) is 0.203. The summed E-state index contributed by atoms with van der Waals surface area (Å²) in [7, 11) is 0. The number of hydrogen-bond acceptors (Lipinski definition) is 1. The predicted molar refractivity (Wildman–Crippen MR) is 154 cm³/mol. The summed E-state index contributed by atoms with van der Waals surface area (Å²) in [4.78, 5) is 4.58. The summed E-state index contributed by atoms with van der Waals surface area (Å²) in [6.45, 7) is 0. The number of fused-ring (bicyclic) bond motifs is 7. The van der Waals surface area contributed by atoms with E-state index in [1.807, 2.05) is 59.2 Å². The number of para-hydroxylation sites is 3. The lowest BCUT2D eigenvalue weighted by Crippen LogP contribution is -2.18. The minimum absolute atomic E-state index is 0.0740. The van der Waals surface area contributed by atoms with E-state index in [1.54, 1.807) is 0 Å². The van der Waals surface area contributed by atoms with Crippen molar-refractivity contribution in [1.82, 2.24) is 9.13 Å². The highest BCUT2D eigenvalue weighted by atomic mass is 15.2. The Hall–Kier alpha value is -5.16. The van der Waals surface area contributed by atoms with Gasteiger partial charge in [-0.2, -0.15) is 4.99 Å². The van der Waals surface area contributed by atoms with Crippen molar-refractivity contribution in [2.75, 3.05) is 0 Å². The highest BCUT2D eigenvalue weighted by Crippen LogP contribution is 2.40. The highest BCUT2D eigenvalue weighted by molar-refractivity contribution is 6.26. The largest absolute Gasteiger partial charge is 0.383 e. The van der Waals surface area contributed by atoms with Gasteiger partial charge in [0.25, 0.3) is 0 Å². The number of amidine groups is 1. The van der Waals surface area contributed by atoms with Crippen molar-refractivity contribution in [3.8, 4) is 5.69 Å². The molecule has 0 radical (unpaired) electrons. The van der Waals surface area contributed by atoms with Gasteiger partial charge in [-0.1, -0.05) is 97.1 Å². The van der Waals surface area contributed by atoms with Crippen LogP contribution in [0.1, 0.15) is 5.56 Å². The second-order valence-electron chi connectivity index (χ2n) is 9.09. The van der Waals surface area contributed by atoms with E-state index in [0.29, 0.717) is 5.84 Å². The number of nitrogens with zero attached hydrogens (tertiary/aromatic N) is 3. The molecular formula is C32H23N5. The molecule has 5 heteroatoms. The van der Waals surface area contributed by atoms with Crippen LogP contribution >= 0.6 is 0 Å². The fraction of sp³-hybridized carbons (Fsp3) is 0. The van der Waals surface area contributed by atoms with Gasteiger partial charge in [0.2, 0.25) is 5.96 Å². The van der Waals surface area contributed by atoms with E-state index in [4.69, 9.17) is 11.1 Å². The van der Waals surface area contributed by atoms with Crippen LogP contribution in [0.15, 0.2) is 126 Å². The maximum atomic E-state index is 9.16. The average Bonchev–Trinajstić information content (AvgIpc) is 3.47. The number of aliphatic imine (C=N–C) groups is 1. The maximum Gasteiger partial charge on any atom is 0.229 e. The van der Waals surface area contributed by atoms with Crippen LogP contribution in [0, 0.1) is 5.41 Å². The summed E-state index contributed by atoms with van der Waals surface area (Å²) in [6, 6.07) is 41.0. The number of nitrogens with two attached hydrogens (primary N) is 1. The minimum Gasteiger partial charge on any atom is -0.383 e. The van der Waals surface area contributed by atoms with Crippen molar-refractivity contribution in [2.45, 2.75) is 0 Å². The summed E-state index contributed by atoms with van der Waals surface area (Å²) in [5, 5.41) is 13.6. The van der Waals surface area contributed by atoms with Gasteiger partial charge < -0.3 is 10.3 Å². The standard InChI is InChI=1S/C32H23N5/c33-31(21-11-3-1-4-12-21)35-32(34)37-28-18-10-8-16-24(28)26-20-19-25-23-15-7-9-17-27(23)36(29(25)30(26)37)22-13-5-2-6-14-22/h1-20H,(H3,33,34,35). The zero-order valence-corrected chi connectivity index (χ0v) is 20.0. The van der Waals surface area contributed by atoms with Crippen molar-refractivity contribution < 1.29 is 0 Å². The molecule has 2 heterocycles. The molecule has 5 nitrogen and oxygen atoms in total. The van der Waals surface area contributed by atoms with Gasteiger partial charge in [-0.25, -0.2) is 0 Å². The van der Waals surface area contributed by atoms with E-state index in [9.17, 15) is 0 Å². The van der Waals surface area contributed by atoms with E-state index >= 15 is 0 Å². The summed E-state index contributed by atoms with van der Waals surface area (Å²) in [6.07, 6.45) is 0. The van der Waals surface area contributed by atoms with Crippen molar-refractivity contribution in [2.24, 2.45) is 10.7 Å². The fourth-order valence-corrected chi connectivity index (χ4v) is 5.40. The monoisotopic (exact) mass is 477 g/mol. The number of aromatic nitrogens is 2. The zero-order chi connectivity index (χ0) is 24.9. The van der Waals surface area contributed by atoms with Gasteiger partial charge in [-0.05, 0) is 24.3 Å². The third-order valence-electron chi connectivity index (χ3n) is 6.99. The third kappa shape index (κ3) is 3.18. The molecule has 0 unspecified atom stereocenters. The van der Waals surface area contributed by atoms with Gasteiger partial charge in [-0.3, -0.25) is 9.98 Å². The molecule has 5 aromatic carbocycles. The van der Waals surface area contributed by atoms with Gasteiger partial charge in [0, 0.05) is 32.8 Å². The highest BCUT2D eigenvalue weighted by Gasteiger charge is 2.21. The number of rotatable bonds is 2. The molecule has 7 rings (SSSR count). The van der Waals surface area contributed by atoms with Crippen LogP contribution in [0.3, 0.4) is 0 Å². The van der Waals surface area contributed by atoms with Crippen molar-refractivity contribution in [3.63, 3.8) is 0 Å². The Morgan fingerprint density at radius 2 is 1.11 bits per heavy atom. The molecule has 0 bridgehead atoms. The zero-order valence-electron chi connectivity index (χ0n) is 20.0. The van der Waals surface area contributed by atoms with Crippen molar-refractivity contribution in [1.29, 1.82) is 5.41 Å². The average molecular weight is 478 g/mol. The lowest BCUT2D eigenvalue weighted by molar-refractivity contribution is 1.15. The Labute approximate surface area is 213 Å². The minimum atomic E-state index is 0.0740. The summed E-state index contributed by atoms with van der Waals surface area (Å²) < 4.78 is 4.22. The van der Waals surface area contributed by atoms with Gasteiger partial charge in [0.05, 0.1) is 22.1 Å². The summed E-state index contributed by atoms with van der Waals surface area (Å²) >= 11 is 0. The Bertz CT molecular complexity index is 1990. The molecule has 0 spiro atoms. The second-order valence-corrected chi connectivity index (χ2v) is 9.09. The Kier molecular flexibility index (Phi) is 4.69. The van der Waals surface area contributed by atoms with Crippen LogP contribution in [0.25, 0.3) is 49.3 Å². The number of benzene rings is 5. The fourth-order valence-electron chi connectivity index (χ4n) is 5.40. The molecule has 0 atom stereocenters. The predicted octanol–water partition coefficient (Wildman–Crippen LogP) is 7.08. The summed E-state index contributed by atoms with van der Waals surface area (Å²) in [5.74, 6) is 0.386. The van der Waals surface area contributed by atoms with E-state index in [-0.39, 0.29) is 5.96 Å².